The number of benzene rings is 2. The van der Waals surface area contributed by atoms with E-state index in [1.165, 1.54) is 19.1 Å². The summed E-state index contributed by atoms with van der Waals surface area (Å²) >= 11 is 0. The molecule has 8 nitrogen and oxygen atoms in total. The highest BCUT2D eigenvalue weighted by Gasteiger charge is 2.33. The Morgan fingerprint density at radius 1 is 0.848 bits per heavy atom. The molecular formula is C24H26O8S. The topological polar surface area (TPSA) is 113 Å². The second kappa shape index (κ2) is 11.4. The molecule has 0 aliphatic rings. The quantitative estimate of drug-likeness (QED) is 0.401. The lowest BCUT2D eigenvalue weighted by Gasteiger charge is -2.23. The third-order valence-corrected chi connectivity index (χ3v) is 6.27. The number of carbonyl (C=O) groups excluding carboxylic acids is 3. The van der Waals surface area contributed by atoms with Crippen molar-refractivity contribution < 1.29 is 37.0 Å². The summed E-state index contributed by atoms with van der Waals surface area (Å²) in [6.45, 7) is 4.88. The Bertz CT molecular complexity index is 1120. The Hall–Kier alpha value is -3.46. The molecule has 0 saturated carbocycles. The molecule has 33 heavy (non-hydrogen) atoms. The molecule has 0 fully saturated rings. The van der Waals surface area contributed by atoms with Gasteiger partial charge < -0.3 is 14.2 Å². The van der Waals surface area contributed by atoms with Crippen LogP contribution in [0, 0.1) is 6.92 Å². The van der Waals surface area contributed by atoms with Gasteiger partial charge in [0, 0.05) is 20.8 Å². The van der Waals surface area contributed by atoms with E-state index in [0.29, 0.717) is 5.56 Å². The van der Waals surface area contributed by atoms with Gasteiger partial charge in [-0.2, -0.15) is 0 Å². The van der Waals surface area contributed by atoms with Crippen LogP contribution in [-0.4, -0.2) is 39.0 Å². The van der Waals surface area contributed by atoms with Crippen LogP contribution in [0.25, 0.3) is 0 Å². The fraction of sp³-hybridized carbons (Fsp3) is 0.292. The zero-order valence-corrected chi connectivity index (χ0v) is 19.6. The van der Waals surface area contributed by atoms with Crippen LogP contribution in [0.1, 0.15) is 38.0 Å². The van der Waals surface area contributed by atoms with Gasteiger partial charge in [-0.15, -0.1) is 0 Å². The molecule has 2 atom stereocenters. The summed E-state index contributed by atoms with van der Waals surface area (Å²) in [5.41, 5.74) is 1.25. The summed E-state index contributed by atoms with van der Waals surface area (Å²) in [7, 11) is -4.23. The zero-order chi connectivity index (χ0) is 24.6. The lowest BCUT2D eigenvalue weighted by atomic mass is 10.1. The molecule has 0 amide bonds. The highest BCUT2D eigenvalue weighted by atomic mass is 32.2. The van der Waals surface area contributed by atoms with Crippen LogP contribution in [0.15, 0.2) is 70.5 Å². The normalized spacial score (nSPS) is 13.5. The molecule has 2 aromatic carbocycles. The first-order chi connectivity index (χ1) is 15.5. The molecule has 0 radical (unpaired) electrons. The first-order valence-corrected chi connectivity index (χ1v) is 11.5. The molecule has 0 aromatic heterocycles. The average molecular weight is 475 g/mol. The SMILES string of the molecule is CC(=O)OC[C@H](/C=C(/[C@H](OC(C)=O)c1ccccc1)S(=O)(=O)c1ccc(C)cc1)OC(C)=O. The van der Waals surface area contributed by atoms with Gasteiger partial charge in [-0.05, 0) is 30.7 Å². The van der Waals surface area contributed by atoms with Crippen LogP contribution in [0.4, 0.5) is 0 Å². The monoisotopic (exact) mass is 474 g/mol. The minimum atomic E-state index is -4.23. The minimum absolute atomic E-state index is 0.0403. The van der Waals surface area contributed by atoms with E-state index < -0.39 is 46.6 Å². The zero-order valence-electron chi connectivity index (χ0n) is 18.8. The summed E-state index contributed by atoms with van der Waals surface area (Å²) in [6, 6.07) is 14.4. The number of aryl methyl sites for hydroxylation is 1. The number of hydrogen-bond acceptors (Lipinski definition) is 8. The highest BCUT2D eigenvalue weighted by Crippen LogP contribution is 2.34. The maximum Gasteiger partial charge on any atom is 0.303 e. The summed E-state index contributed by atoms with van der Waals surface area (Å²) in [4.78, 5) is 34.5. The molecular weight excluding hydrogens is 448 g/mol. The molecule has 9 heteroatoms. The lowest BCUT2D eigenvalue weighted by Crippen LogP contribution is -2.25. The van der Waals surface area contributed by atoms with Crippen LogP contribution >= 0.6 is 0 Å². The smallest absolute Gasteiger partial charge is 0.303 e. The second-order valence-corrected chi connectivity index (χ2v) is 9.19. The molecule has 2 rings (SSSR count). The van der Waals surface area contributed by atoms with E-state index in [-0.39, 0.29) is 9.80 Å². The van der Waals surface area contributed by atoms with E-state index in [9.17, 15) is 22.8 Å². The third-order valence-electron chi connectivity index (χ3n) is 4.40. The van der Waals surface area contributed by atoms with Crippen LogP contribution in [0.5, 0.6) is 0 Å². The van der Waals surface area contributed by atoms with Gasteiger partial charge in [-0.25, -0.2) is 8.42 Å². The largest absolute Gasteiger partial charge is 0.462 e. The van der Waals surface area contributed by atoms with Crippen molar-refractivity contribution in [2.45, 2.75) is 44.8 Å². The van der Waals surface area contributed by atoms with Crippen molar-refractivity contribution >= 4 is 27.7 Å². The number of ether oxygens (including phenoxy) is 3. The number of esters is 3. The summed E-state index contributed by atoms with van der Waals surface area (Å²) in [5, 5.41) is 0. The van der Waals surface area contributed by atoms with Gasteiger partial charge in [0.2, 0.25) is 9.84 Å². The van der Waals surface area contributed by atoms with Gasteiger partial charge in [0.25, 0.3) is 0 Å². The average Bonchev–Trinajstić information content (AvgIpc) is 2.74. The standard InChI is InChI=1S/C24H26O8S/c1-16-10-12-22(13-11-16)33(28,29)23(14-21(31-18(3)26)15-30-17(2)25)24(32-19(4)27)20-8-6-5-7-9-20/h5-14,21,24H,15H2,1-4H3/b23-14-/t21-,24+/m0/s1. The van der Waals surface area contributed by atoms with Gasteiger partial charge >= 0.3 is 17.9 Å². The number of hydrogen-bond donors (Lipinski definition) is 0. The van der Waals surface area contributed by atoms with E-state index in [1.807, 2.05) is 6.92 Å². The van der Waals surface area contributed by atoms with Gasteiger partial charge in [0.1, 0.15) is 6.61 Å². The van der Waals surface area contributed by atoms with Crippen LogP contribution in [0.2, 0.25) is 0 Å². The van der Waals surface area contributed by atoms with Crippen molar-refractivity contribution in [2.75, 3.05) is 6.61 Å². The summed E-state index contributed by atoms with van der Waals surface area (Å²) < 4.78 is 42.9. The molecule has 0 aliphatic carbocycles. The molecule has 2 aromatic rings. The lowest BCUT2D eigenvalue weighted by molar-refractivity contribution is -0.153. The van der Waals surface area contributed by atoms with Crippen LogP contribution in [-0.2, 0) is 38.4 Å². The Morgan fingerprint density at radius 2 is 1.42 bits per heavy atom. The minimum Gasteiger partial charge on any atom is -0.462 e. The van der Waals surface area contributed by atoms with Gasteiger partial charge in [-0.1, -0.05) is 48.0 Å². The van der Waals surface area contributed by atoms with Crippen LogP contribution in [0.3, 0.4) is 0 Å². The number of sulfone groups is 1. The van der Waals surface area contributed by atoms with Gasteiger partial charge in [0.05, 0.1) is 9.80 Å². The van der Waals surface area contributed by atoms with Crippen molar-refractivity contribution in [3.63, 3.8) is 0 Å². The fourth-order valence-electron chi connectivity index (χ4n) is 2.97. The number of carbonyl (C=O) groups is 3. The first kappa shape index (κ1) is 25.8. The van der Waals surface area contributed by atoms with Crippen molar-refractivity contribution in [1.29, 1.82) is 0 Å². The highest BCUT2D eigenvalue weighted by molar-refractivity contribution is 7.95. The fourth-order valence-corrected chi connectivity index (χ4v) is 4.53. The number of rotatable bonds is 9. The molecule has 0 saturated heterocycles. The van der Waals surface area contributed by atoms with Crippen LogP contribution < -0.4 is 0 Å². The van der Waals surface area contributed by atoms with E-state index in [4.69, 9.17) is 14.2 Å². The van der Waals surface area contributed by atoms with E-state index in [1.54, 1.807) is 42.5 Å². The van der Waals surface area contributed by atoms with E-state index in [0.717, 1.165) is 25.5 Å². The predicted molar refractivity (Wildman–Crippen MR) is 120 cm³/mol. The summed E-state index contributed by atoms with van der Waals surface area (Å²) in [6.07, 6.45) is -1.42. The molecule has 0 unspecified atom stereocenters. The molecule has 0 bridgehead atoms. The predicted octanol–water partition coefficient (Wildman–Crippen LogP) is 3.45. The second-order valence-electron chi connectivity index (χ2n) is 7.24. The molecule has 0 heterocycles. The maximum absolute atomic E-state index is 13.7. The Labute approximate surface area is 193 Å². The van der Waals surface area contributed by atoms with Gasteiger partial charge in [0.15, 0.2) is 12.2 Å². The Balaban J connectivity index is 2.72. The van der Waals surface area contributed by atoms with E-state index in [2.05, 4.69) is 0 Å². The van der Waals surface area contributed by atoms with Crippen molar-refractivity contribution in [1.82, 2.24) is 0 Å². The molecule has 0 N–H and O–H groups in total. The molecule has 0 aliphatic heterocycles. The van der Waals surface area contributed by atoms with Crippen molar-refractivity contribution in [2.24, 2.45) is 0 Å². The van der Waals surface area contributed by atoms with Crippen molar-refractivity contribution in [3.05, 3.63) is 76.7 Å². The molecule has 176 valence electrons. The van der Waals surface area contributed by atoms with E-state index >= 15 is 0 Å². The Morgan fingerprint density at radius 3 is 1.94 bits per heavy atom. The van der Waals surface area contributed by atoms with Crippen molar-refractivity contribution in [3.8, 4) is 0 Å². The van der Waals surface area contributed by atoms with Gasteiger partial charge in [-0.3, -0.25) is 14.4 Å². The Kier molecular flexibility index (Phi) is 8.93. The molecule has 0 spiro atoms. The first-order valence-electron chi connectivity index (χ1n) is 10.1. The maximum atomic E-state index is 13.7. The third kappa shape index (κ3) is 7.57. The summed E-state index contributed by atoms with van der Waals surface area (Å²) in [5.74, 6) is -2.06.